The molecule has 3 heterocycles. The van der Waals surface area contributed by atoms with Crippen molar-refractivity contribution in [1.29, 1.82) is 0 Å². The van der Waals surface area contributed by atoms with Gasteiger partial charge in [0.15, 0.2) is 15.9 Å². The van der Waals surface area contributed by atoms with Gasteiger partial charge in [0.2, 0.25) is 5.91 Å². The molecule has 2 saturated heterocycles. The fourth-order valence-corrected chi connectivity index (χ4v) is 5.28. The molecule has 0 bridgehead atoms. The molecule has 0 spiro atoms. The Balaban J connectivity index is 2.10. The first-order chi connectivity index (χ1) is 9.29. The van der Waals surface area contributed by atoms with Crippen molar-refractivity contribution in [3.8, 4) is 0 Å². The van der Waals surface area contributed by atoms with Gasteiger partial charge < -0.3 is 10.0 Å². The number of hydrogen-bond acceptors (Lipinski definition) is 6. The van der Waals surface area contributed by atoms with Gasteiger partial charge in [-0.05, 0) is 6.92 Å². The zero-order chi connectivity index (χ0) is 14.7. The second-order valence-corrected chi connectivity index (χ2v) is 7.72. The second-order valence-electron chi connectivity index (χ2n) is 5.15. The minimum absolute atomic E-state index is 0.154. The van der Waals surface area contributed by atoms with E-state index in [0.29, 0.717) is 0 Å². The molecule has 3 atom stereocenters. The first-order valence-electron chi connectivity index (χ1n) is 5.89. The normalized spacial score (nSPS) is 34.6. The molecule has 0 aliphatic carbocycles. The van der Waals surface area contributed by atoms with E-state index in [4.69, 9.17) is 0 Å². The summed E-state index contributed by atoms with van der Waals surface area (Å²) in [5.74, 6) is -1.78. The van der Waals surface area contributed by atoms with Crippen molar-refractivity contribution in [2.45, 2.75) is 36.1 Å². The number of carboxylic acid groups (broad SMARTS) is 1. The van der Waals surface area contributed by atoms with Gasteiger partial charge in [0.1, 0.15) is 22.8 Å². The van der Waals surface area contributed by atoms with E-state index in [-0.39, 0.29) is 13.0 Å². The highest BCUT2D eigenvalue weighted by Gasteiger charge is 2.70. The molecule has 0 radical (unpaired) electrons. The average molecular weight is 300 g/mol. The van der Waals surface area contributed by atoms with Crippen LogP contribution in [0.1, 0.15) is 13.3 Å². The molecule has 0 saturated carbocycles. The van der Waals surface area contributed by atoms with Crippen molar-refractivity contribution < 1.29 is 23.1 Å². The van der Waals surface area contributed by atoms with Gasteiger partial charge >= 0.3 is 5.97 Å². The van der Waals surface area contributed by atoms with Crippen LogP contribution in [0.25, 0.3) is 0 Å². The fraction of sp³-hybridized carbons (Fsp3) is 0.600. The lowest BCUT2D eigenvalue weighted by molar-refractivity contribution is -0.157. The molecule has 0 aromatic carbocycles. The predicted octanol–water partition coefficient (Wildman–Crippen LogP) is -1.52. The molecule has 20 heavy (non-hydrogen) atoms. The smallest absolute Gasteiger partial charge is 0.328 e. The van der Waals surface area contributed by atoms with Gasteiger partial charge in [0.05, 0.1) is 13.0 Å². The summed E-state index contributed by atoms with van der Waals surface area (Å²) < 4.78 is 24.7. The number of carbonyl (C=O) groups is 2. The Morgan fingerprint density at radius 3 is 2.80 bits per heavy atom. The molecule has 1 amide bonds. The standard InChI is InChI=1S/C10H12N4O5S/c1-10(3-13-5-11-4-12-13)8(9(16)17)14-6(15)2-7(14)20(10,18)19/h4-5,7-8H,2-3H2,1H3,(H,16,17)/t7-,8-,10-/m0/s1. The van der Waals surface area contributed by atoms with Crippen LogP contribution in [0.2, 0.25) is 0 Å². The maximum Gasteiger partial charge on any atom is 0.328 e. The third-order valence-corrected chi connectivity index (χ3v) is 6.75. The monoisotopic (exact) mass is 300 g/mol. The third kappa shape index (κ3) is 1.39. The lowest BCUT2D eigenvalue weighted by Crippen LogP contribution is -2.58. The van der Waals surface area contributed by atoms with Gasteiger partial charge in [0, 0.05) is 0 Å². The van der Waals surface area contributed by atoms with E-state index in [1.54, 1.807) is 0 Å². The lowest BCUT2D eigenvalue weighted by Gasteiger charge is -2.35. The van der Waals surface area contributed by atoms with Crippen LogP contribution in [0, 0.1) is 0 Å². The van der Waals surface area contributed by atoms with Crippen LogP contribution in [-0.2, 0) is 26.0 Å². The van der Waals surface area contributed by atoms with Crippen LogP contribution in [-0.4, -0.2) is 61.2 Å². The largest absolute Gasteiger partial charge is 0.480 e. The predicted molar refractivity (Wildman–Crippen MR) is 64.0 cm³/mol. The molecule has 1 aromatic heterocycles. The van der Waals surface area contributed by atoms with Crippen LogP contribution in [0.3, 0.4) is 0 Å². The zero-order valence-corrected chi connectivity index (χ0v) is 11.3. The number of aliphatic carboxylic acids is 1. The fourth-order valence-electron chi connectivity index (χ4n) is 2.92. The summed E-state index contributed by atoms with van der Waals surface area (Å²) in [7, 11) is -3.80. The van der Waals surface area contributed by atoms with Gasteiger partial charge in [-0.15, -0.1) is 0 Å². The average Bonchev–Trinajstić information content (AvgIpc) is 2.87. The maximum absolute atomic E-state index is 12.5. The van der Waals surface area contributed by atoms with E-state index < -0.39 is 37.9 Å². The van der Waals surface area contributed by atoms with Crippen LogP contribution in [0.4, 0.5) is 0 Å². The Labute approximate surface area is 114 Å². The Kier molecular flexibility index (Phi) is 2.46. The van der Waals surface area contributed by atoms with Crippen molar-refractivity contribution in [2.75, 3.05) is 0 Å². The van der Waals surface area contributed by atoms with E-state index in [2.05, 4.69) is 10.1 Å². The Hall–Kier alpha value is -1.97. The number of fused-ring (bicyclic) bond motifs is 1. The molecule has 10 heteroatoms. The molecular weight excluding hydrogens is 288 g/mol. The molecule has 1 N–H and O–H groups in total. The van der Waals surface area contributed by atoms with E-state index in [1.807, 2.05) is 0 Å². The Morgan fingerprint density at radius 2 is 2.30 bits per heavy atom. The molecule has 9 nitrogen and oxygen atoms in total. The van der Waals surface area contributed by atoms with Gasteiger partial charge in [-0.1, -0.05) is 0 Å². The lowest BCUT2D eigenvalue weighted by atomic mass is 9.96. The number of sulfone groups is 1. The van der Waals surface area contributed by atoms with Crippen molar-refractivity contribution in [3.63, 3.8) is 0 Å². The van der Waals surface area contributed by atoms with Gasteiger partial charge in [-0.2, -0.15) is 5.10 Å². The molecule has 1 aromatic rings. The van der Waals surface area contributed by atoms with Crippen molar-refractivity contribution in [3.05, 3.63) is 12.7 Å². The molecule has 2 aliphatic heterocycles. The summed E-state index contributed by atoms with van der Waals surface area (Å²) in [6.45, 7) is 1.18. The number of hydrogen-bond donors (Lipinski definition) is 1. The number of carbonyl (C=O) groups excluding carboxylic acids is 1. The third-order valence-electron chi connectivity index (χ3n) is 3.99. The number of rotatable bonds is 3. The van der Waals surface area contributed by atoms with Crippen molar-refractivity contribution >= 4 is 21.7 Å². The zero-order valence-electron chi connectivity index (χ0n) is 10.5. The van der Waals surface area contributed by atoms with Crippen LogP contribution >= 0.6 is 0 Å². The van der Waals surface area contributed by atoms with Crippen molar-refractivity contribution in [1.82, 2.24) is 19.7 Å². The van der Waals surface area contributed by atoms with Crippen LogP contribution < -0.4 is 0 Å². The van der Waals surface area contributed by atoms with E-state index in [0.717, 1.165) is 4.90 Å². The molecular formula is C10H12N4O5S. The summed E-state index contributed by atoms with van der Waals surface area (Å²) in [6, 6.07) is -1.40. The molecule has 108 valence electrons. The Bertz CT molecular complexity index is 685. The quantitative estimate of drug-likeness (QED) is 0.672. The molecule has 2 fully saturated rings. The topological polar surface area (TPSA) is 122 Å². The van der Waals surface area contributed by atoms with E-state index in [1.165, 1.54) is 24.3 Å². The summed E-state index contributed by atoms with van der Waals surface area (Å²) in [5, 5.41) is 12.1. The van der Waals surface area contributed by atoms with Gasteiger partial charge in [-0.25, -0.2) is 18.2 Å². The summed E-state index contributed by atoms with van der Waals surface area (Å²) in [6.07, 6.45) is 2.40. The number of carboxylic acids is 1. The second kappa shape index (κ2) is 3.78. The first kappa shape index (κ1) is 13.0. The highest BCUT2D eigenvalue weighted by molar-refractivity contribution is 7.93. The highest BCUT2D eigenvalue weighted by Crippen LogP contribution is 2.46. The van der Waals surface area contributed by atoms with Gasteiger partial charge in [0.25, 0.3) is 0 Å². The summed E-state index contributed by atoms with van der Waals surface area (Å²) >= 11 is 0. The van der Waals surface area contributed by atoms with Crippen LogP contribution in [0.15, 0.2) is 12.7 Å². The maximum atomic E-state index is 12.5. The Morgan fingerprint density at radius 1 is 1.60 bits per heavy atom. The van der Waals surface area contributed by atoms with E-state index in [9.17, 15) is 23.1 Å². The highest BCUT2D eigenvalue weighted by atomic mass is 32.2. The first-order valence-corrected chi connectivity index (χ1v) is 7.43. The van der Waals surface area contributed by atoms with Crippen LogP contribution in [0.5, 0.6) is 0 Å². The number of β-lactam (4-membered cyclic amide) rings is 1. The molecule has 0 unspecified atom stereocenters. The SMILES string of the molecule is C[C@]1(Cn2cncn2)[C@H](C(=O)O)N2C(=O)C[C@@H]2S1(=O)=O. The minimum atomic E-state index is -3.80. The summed E-state index contributed by atoms with van der Waals surface area (Å²) in [5.41, 5.74) is 0. The summed E-state index contributed by atoms with van der Waals surface area (Å²) in [4.78, 5) is 27.7. The minimum Gasteiger partial charge on any atom is -0.480 e. The molecule has 2 aliphatic rings. The molecule has 3 rings (SSSR count). The van der Waals surface area contributed by atoms with Gasteiger partial charge in [-0.3, -0.25) is 9.48 Å². The van der Waals surface area contributed by atoms with Crippen molar-refractivity contribution in [2.24, 2.45) is 0 Å². The number of aromatic nitrogens is 3. The number of amides is 1. The van der Waals surface area contributed by atoms with E-state index >= 15 is 0 Å². The number of nitrogens with zero attached hydrogens (tertiary/aromatic N) is 4.